The molecule has 0 aliphatic carbocycles. The largest absolute Gasteiger partial charge is 0.367 e. The van der Waals surface area contributed by atoms with Gasteiger partial charge in [-0.25, -0.2) is 0 Å². The minimum absolute atomic E-state index is 0.561. The van der Waals surface area contributed by atoms with Crippen LogP contribution in [0.1, 0.15) is 32.8 Å². The van der Waals surface area contributed by atoms with Crippen molar-refractivity contribution < 1.29 is 0 Å². The molecule has 18 heavy (non-hydrogen) atoms. The quantitative estimate of drug-likeness (QED) is 0.890. The summed E-state index contributed by atoms with van der Waals surface area (Å²) in [6.45, 7) is 11.2. The molecule has 3 nitrogen and oxygen atoms in total. The van der Waals surface area contributed by atoms with Gasteiger partial charge < -0.3 is 10.2 Å². The first-order chi connectivity index (χ1) is 8.63. The van der Waals surface area contributed by atoms with E-state index in [0.29, 0.717) is 18.0 Å². The monoisotopic (exact) mass is 247 g/mol. The normalized spacial score (nSPS) is 28.4. The number of hydrogen-bond acceptors (Lipinski definition) is 3. The lowest BCUT2D eigenvalue weighted by Crippen LogP contribution is -2.53. The number of aryl methyl sites for hydroxylation is 1. The molecule has 1 fully saturated rings. The topological polar surface area (TPSA) is 28.2 Å². The van der Waals surface area contributed by atoms with Gasteiger partial charge in [0, 0.05) is 24.8 Å². The standard InChI is InChI=1S/C15H25N3/c1-5-17-15-6-7-18(13(4)12(15)3)14-8-11(2)9-16-10-14/h8-10,12-13,15,17H,5-7H2,1-4H3. The van der Waals surface area contributed by atoms with E-state index in [9.17, 15) is 0 Å². The molecule has 2 rings (SSSR count). The van der Waals surface area contributed by atoms with Gasteiger partial charge in [-0.3, -0.25) is 4.98 Å². The van der Waals surface area contributed by atoms with Crippen molar-refractivity contribution >= 4 is 5.69 Å². The van der Waals surface area contributed by atoms with E-state index in [1.165, 1.54) is 17.7 Å². The van der Waals surface area contributed by atoms with Crippen LogP contribution >= 0.6 is 0 Å². The van der Waals surface area contributed by atoms with Gasteiger partial charge in [0.15, 0.2) is 0 Å². The predicted octanol–water partition coefficient (Wildman–Crippen LogP) is 2.60. The molecule has 0 aromatic carbocycles. The molecule has 0 radical (unpaired) electrons. The molecule has 3 unspecified atom stereocenters. The third kappa shape index (κ3) is 2.66. The van der Waals surface area contributed by atoms with Gasteiger partial charge in [0.1, 0.15) is 0 Å². The summed E-state index contributed by atoms with van der Waals surface area (Å²) in [7, 11) is 0. The highest BCUT2D eigenvalue weighted by molar-refractivity contribution is 5.47. The van der Waals surface area contributed by atoms with Crippen molar-refractivity contribution in [2.45, 2.75) is 46.2 Å². The van der Waals surface area contributed by atoms with E-state index in [2.05, 4.69) is 49.0 Å². The Hall–Kier alpha value is -1.09. The van der Waals surface area contributed by atoms with Gasteiger partial charge in [0.05, 0.1) is 11.9 Å². The first-order valence-corrected chi connectivity index (χ1v) is 7.05. The third-order valence-corrected chi connectivity index (χ3v) is 4.23. The Morgan fingerprint density at radius 3 is 2.83 bits per heavy atom. The maximum absolute atomic E-state index is 4.32. The van der Waals surface area contributed by atoms with E-state index in [0.717, 1.165) is 13.1 Å². The summed E-state index contributed by atoms with van der Waals surface area (Å²) in [4.78, 5) is 6.82. The van der Waals surface area contributed by atoms with Crippen LogP contribution in [0.5, 0.6) is 0 Å². The van der Waals surface area contributed by atoms with Crippen LogP contribution in [0.25, 0.3) is 0 Å². The zero-order valence-electron chi connectivity index (χ0n) is 12.0. The Bertz CT molecular complexity index is 391. The molecule has 3 atom stereocenters. The lowest BCUT2D eigenvalue weighted by molar-refractivity contribution is 0.274. The Labute approximate surface area is 111 Å². The molecule has 1 saturated heterocycles. The number of nitrogens with zero attached hydrogens (tertiary/aromatic N) is 2. The van der Waals surface area contributed by atoms with E-state index in [4.69, 9.17) is 0 Å². The van der Waals surface area contributed by atoms with E-state index in [1.54, 1.807) is 0 Å². The van der Waals surface area contributed by atoms with Gasteiger partial charge in [-0.2, -0.15) is 0 Å². The van der Waals surface area contributed by atoms with Gasteiger partial charge in [0.25, 0.3) is 0 Å². The lowest BCUT2D eigenvalue weighted by atomic mass is 9.86. The lowest BCUT2D eigenvalue weighted by Gasteiger charge is -2.44. The molecule has 2 heterocycles. The van der Waals surface area contributed by atoms with Gasteiger partial charge in [0.2, 0.25) is 0 Å². The highest BCUT2D eigenvalue weighted by Gasteiger charge is 2.31. The van der Waals surface area contributed by atoms with E-state index in [-0.39, 0.29) is 0 Å². The molecular formula is C15H25N3. The van der Waals surface area contributed by atoms with E-state index in [1.807, 2.05) is 12.4 Å². The van der Waals surface area contributed by atoms with Crippen LogP contribution in [0.3, 0.4) is 0 Å². The summed E-state index contributed by atoms with van der Waals surface area (Å²) < 4.78 is 0. The fourth-order valence-electron chi connectivity index (χ4n) is 2.98. The molecule has 0 spiro atoms. The number of piperidine rings is 1. The molecule has 1 aromatic rings. The van der Waals surface area contributed by atoms with Crippen LogP contribution in [0.2, 0.25) is 0 Å². The number of rotatable bonds is 3. The Balaban J connectivity index is 2.12. The molecule has 1 N–H and O–H groups in total. The second-order valence-electron chi connectivity index (χ2n) is 5.47. The molecule has 0 saturated carbocycles. The second-order valence-corrected chi connectivity index (χ2v) is 5.47. The maximum Gasteiger partial charge on any atom is 0.0557 e. The minimum Gasteiger partial charge on any atom is -0.367 e. The van der Waals surface area contributed by atoms with Crippen molar-refractivity contribution in [2.24, 2.45) is 5.92 Å². The van der Waals surface area contributed by atoms with Crippen LogP contribution in [0.4, 0.5) is 5.69 Å². The number of anilines is 1. The zero-order valence-corrected chi connectivity index (χ0v) is 12.0. The van der Waals surface area contributed by atoms with Crippen LogP contribution in [-0.4, -0.2) is 30.2 Å². The molecule has 100 valence electrons. The van der Waals surface area contributed by atoms with Crippen LogP contribution in [-0.2, 0) is 0 Å². The summed E-state index contributed by atoms with van der Waals surface area (Å²) in [5, 5.41) is 3.61. The molecule has 1 aliphatic rings. The van der Waals surface area contributed by atoms with Crippen LogP contribution in [0, 0.1) is 12.8 Å². The maximum atomic E-state index is 4.32. The zero-order chi connectivity index (χ0) is 13.1. The van der Waals surface area contributed by atoms with Gasteiger partial charge >= 0.3 is 0 Å². The summed E-state index contributed by atoms with van der Waals surface area (Å²) in [6.07, 6.45) is 5.13. The minimum atomic E-state index is 0.561. The molecule has 0 bridgehead atoms. The van der Waals surface area contributed by atoms with Crippen molar-refractivity contribution in [3.63, 3.8) is 0 Å². The Morgan fingerprint density at radius 2 is 2.17 bits per heavy atom. The van der Waals surface area contributed by atoms with Crippen molar-refractivity contribution in [1.82, 2.24) is 10.3 Å². The molecule has 1 aromatic heterocycles. The fraction of sp³-hybridized carbons (Fsp3) is 0.667. The van der Waals surface area contributed by atoms with E-state index < -0.39 is 0 Å². The number of pyridine rings is 1. The van der Waals surface area contributed by atoms with Crippen molar-refractivity contribution in [3.8, 4) is 0 Å². The summed E-state index contributed by atoms with van der Waals surface area (Å²) >= 11 is 0. The van der Waals surface area contributed by atoms with E-state index >= 15 is 0 Å². The summed E-state index contributed by atoms with van der Waals surface area (Å²) in [5.41, 5.74) is 2.51. The summed E-state index contributed by atoms with van der Waals surface area (Å²) in [5.74, 6) is 0.666. The first-order valence-electron chi connectivity index (χ1n) is 7.05. The number of nitrogens with one attached hydrogen (secondary N) is 1. The highest BCUT2D eigenvalue weighted by Crippen LogP contribution is 2.28. The second kappa shape index (κ2) is 5.70. The van der Waals surface area contributed by atoms with Crippen molar-refractivity contribution in [1.29, 1.82) is 0 Å². The smallest absolute Gasteiger partial charge is 0.0557 e. The van der Waals surface area contributed by atoms with Crippen LogP contribution < -0.4 is 10.2 Å². The Kier molecular flexibility index (Phi) is 4.23. The predicted molar refractivity (Wildman–Crippen MR) is 77.0 cm³/mol. The van der Waals surface area contributed by atoms with Gasteiger partial charge in [-0.1, -0.05) is 13.8 Å². The Morgan fingerprint density at radius 1 is 1.39 bits per heavy atom. The fourth-order valence-corrected chi connectivity index (χ4v) is 2.98. The van der Waals surface area contributed by atoms with Crippen LogP contribution in [0.15, 0.2) is 18.5 Å². The molecule has 0 amide bonds. The molecule has 3 heteroatoms. The summed E-state index contributed by atoms with van der Waals surface area (Å²) in [6, 6.07) is 3.45. The van der Waals surface area contributed by atoms with Crippen molar-refractivity contribution in [2.75, 3.05) is 18.0 Å². The van der Waals surface area contributed by atoms with Gasteiger partial charge in [-0.05, 0) is 44.4 Å². The molecule has 1 aliphatic heterocycles. The van der Waals surface area contributed by atoms with Gasteiger partial charge in [-0.15, -0.1) is 0 Å². The van der Waals surface area contributed by atoms with Crippen molar-refractivity contribution in [3.05, 3.63) is 24.0 Å². The SMILES string of the molecule is CCNC1CCN(c2cncc(C)c2)C(C)C1C. The first kappa shape index (κ1) is 13.3. The third-order valence-electron chi connectivity index (χ3n) is 4.23. The average molecular weight is 247 g/mol. The number of aromatic nitrogens is 1. The highest BCUT2D eigenvalue weighted by atomic mass is 15.2. The number of hydrogen-bond donors (Lipinski definition) is 1. The molecular weight excluding hydrogens is 222 g/mol. The average Bonchev–Trinajstić information content (AvgIpc) is 2.35.